The summed E-state index contributed by atoms with van der Waals surface area (Å²) >= 11 is 1.52. The van der Waals surface area contributed by atoms with Gasteiger partial charge in [-0.15, -0.1) is 11.3 Å². The number of thiazole rings is 1. The summed E-state index contributed by atoms with van der Waals surface area (Å²) in [6.07, 6.45) is 11.0. The third-order valence-electron chi connectivity index (χ3n) is 8.39. The zero-order valence-electron chi connectivity index (χ0n) is 22.2. The molecule has 3 atom stereocenters. The van der Waals surface area contributed by atoms with Gasteiger partial charge in [-0.05, 0) is 74.1 Å². The zero-order chi connectivity index (χ0) is 27.7. The Morgan fingerprint density at radius 1 is 1.07 bits per heavy atom. The summed E-state index contributed by atoms with van der Waals surface area (Å²) in [4.78, 5) is 23.5. The third-order valence-corrected chi connectivity index (χ3v) is 10.8. The van der Waals surface area contributed by atoms with Gasteiger partial charge in [0.15, 0.2) is 0 Å². The van der Waals surface area contributed by atoms with Crippen LogP contribution in [-0.2, 0) is 15.6 Å². The molecule has 1 amide bonds. The van der Waals surface area contributed by atoms with Crippen LogP contribution in [0.15, 0.2) is 48.9 Å². The summed E-state index contributed by atoms with van der Waals surface area (Å²) in [6.45, 7) is 1.67. The van der Waals surface area contributed by atoms with E-state index in [4.69, 9.17) is 5.26 Å². The maximum atomic E-state index is 13.3. The van der Waals surface area contributed by atoms with E-state index in [1.807, 2.05) is 6.20 Å². The van der Waals surface area contributed by atoms with Crippen LogP contribution in [-0.4, -0.2) is 50.2 Å². The highest BCUT2D eigenvalue weighted by atomic mass is 32.2. The summed E-state index contributed by atoms with van der Waals surface area (Å²) < 4.78 is 24.8. The lowest BCUT2D eigenvalue weighted by Crippen LogP contribution is -2.40. The molecule has 1 aliphatic heterocycles. The summed E-state index contributed by atoms with van der Waals surface area (Å²) in [7, 11) is -0.666. The van der Waals surface area contributed by atoms with Crippen LogP contribution in [0.3, 0.4) is 0 Å². The number of carbonyl (C=O) groups excluding carboxylic acids is 1. The number of nitrogens with one attached hydrogen (secondary N) is 1. The molecule has 7 nitrogen and oxygen atoms in total. The second-order valence-electron chi connectivity index (χ2n) is 11.3. The average Bonchev–Trinajstić information content (AvgIpc) is 3.89. The summed E-state index contributed by atoms with van der Waals surface area (Å²) in [6, 6.07) is 12.0. The monoisotopic (exact) mass is 577 g/mol. The van der Waals surface area contributed by atoms with Crippen molar-refractivity contribution >= 4 is 33.7 Å². The van der Waals surface area contributed by atoms with E-state index in [0.29, 0.717) is 5.56 Å². The van der Waals surface area contributed by atoms with Crippen molar-refractivity contribution in [1.29, 1.82) is 5.26 Å². The van der Waals surface area contributed by atoms with Gasteiger partial charge in [-0.2, -0.15) is 5.26 Å². The Morgan fingerprint density at radius 2 is 1.85 bits per heavy atom. The minimum absolute atomic E-state index is 0.138. The molecular formula is C30H32FN5O2S2. The average molecular weight is 578 g/mol. The normalized spacial score (nSPS) is 24.6. The molecule has 40 heavy (non-hydrogen) atoms. The summed E-state index contributed by atoms with van der Waals surface area (Å²) in [5.41, 5.74) is 2.45. The Bertz CT molecular complexity index is 1440. The number of pyridine rings is 1. The molecule has 1 N–H and O–H groups in total. The van der Waals surface area contributed by atoms with Gasteiger partial charge in [-0.25, -0.2) is 9.37 Å². The van der Waals surface area contributed by atoms with E-state index in [1.165, 1.54) is 36.4 Å². The first-order chi connectivity index (χ1) is 19.4. The number of anilines is 1. The van der Waals surface area contributed by atoms with E-state index in [1.54, 1.807) is 6.20 Å². The maximum Gasteiger partial charge on any atom is 0.224 e. The molecule has 4 fully saturated rings. The van der Waals surface area contributed by atoms with Crippen molar-refractivity contribution in [1.82, 2.24) is 15.3 Å². The van der Waals surface area contributed by atoms with Gasteiger partial charge in [0, 0.05) is 65.0 Å². The fourth-order valence-electron chi connectivity index (χ4n) is 5.62. The van der Waals surface area contributed by atoms with Crippen molar-refractivity contribution in [2.45, 2.75) is 44.1 Å². The Kier molecular flexibility index (Phi) is 7.69. The van der Waals surface area contributed by atoms with Crippen LogP contribution in [0.2, 0.25) is 0 Å². The van der Waals surface area contributed by atoms with Crippen molar-refractivity contribution in [2.24, 2.45) is 17.8 Å². The number of fused-ring (bicyclic) bond motifs is 1. The number of rotatable bonds is 5. The Hall–Kier alpha value is -3.16. The molecule has 208 valence electrons. The van der Waals surface area contributed by atoms with Crippen LogP contribution >= 0.6 is 11.3 Å². The molecule has 1 aromatic carbocycles. The third kappa shape index (κ3) is 6.26. The number of carbonyl (C=O) groups is 1. The molecule has 1 saturated heterocycles. The highest BCUT2D eigenvalue weighted by Gasteiger charge is 2.48. The lowest BCUT2D eigenvalue weighted by atomic mass is 9.88. The molecule has 0 radical (unpaired) electrons. The molecule has 2 aromatic heterocycles. The topological polar surface area (TPSA) is 99.0 Å². The van der Waals surface area contributed by atoms with Crippen LogP contribution in [0.4, 0.5) is 10.1 Å². The van der Waals surface area contributed by atoms with Crippen LogP contribution < -0.4 is 10.2 Å². The molecule has 3 heterocycles. The first-order valence-electron chi connectivity index (χ1n) is 13.9. The van der Waals surface area contributed by atoms with Crippen molar-refractivity contribution < 1.29 is 13.4 Å². The number of benzene rings is 1. The van der Waals surface area contributed by atoms with Crippen molar-refractivity contribution in [3.8, 4) is 27.1 Å². The van der Waals surface area contributed by atoms with E-state index in [-0.39, 0.29) is 17.6 Å². The highest BCUT2D eigenvalue weighted by Crippen LogP contribution is 2.51. The second-order valence-corrected chi connectivity index (χ2v) is 14.0. The molecule has 3 aliphatic carbocycles. The minimum atomic E-state index is -0.666. The lowest BCUT2D eigenvalue weighted by molar-refractivity contribution is -0.126. The number of amides is 1. The van der Waals surface area contributed by atoms with E-state index in [0.717, 1.165) is 83.2 Å². The molecule has 0 spiro atoms. The largest absolute Gasteiger partial charge is 0.370 e. The Balaban J connectivity index is 0.000000164. The van der Waals surface area contributed by atoms with Crippen LogP contribution in [0, 0.1) is 34.9 Å². The molecule has 10 heteroatoms. The standard InChI is InChI=1S/C18H16FN3OS2.C12H16N2O/c19-15-9-14(10-20-11-15)18-21-12-17(24-18)13-1-3-16(4-2-13)22-5-7-25(23)8-6-22;13-7-12(3-4-12)14-11(15)9-2-1-8-5-10(8)6-9/h1-4,9-12H,5-8H2;8-10H,1-6H2,(H,14,15). The van der Waals surface area contributed by atoms with Gasteiger partial charge in [0.2, 0.25) is 5.91 Å². The lowest BCUT2D eigenvalue weighted by Gasteiger charge is -2.28. The molecule has 7 rings (SSSR count). The van der Waals surface area contributed by atoms with Crippen LogP contribution in [0.1, 0.15) is 38.5 Å². The van der Waals surface area contributed by atoms with Gasteiger partial charge >= 0.3 is 0 Å². The van der Waals surface area contributed by atoms with E-state index in [9.17, 15) is 13.4 Å². The molecule has 0 bridgehead atoms. The fraction of sp³-hybridized carbons (Fsp3) is 0.467. The molecular weight excluding hydrogens is 545 g/mol. The number of nitriles is 1. The SMILES string of the molecule is N#CC1(NC(=O)C2CCC3CC3C2)CC1.O=S1CCN(c2ccc(-c3cnc(-c4cncc(F)c4)s3)cc2)CC1. The van der Waals surface area contributed by atoms with Crippen LogP contribution in [0.25, 0.3) is 21.0 Å². The van der Waals surface area contributed by atoms with Gasteiger partial charge in [0.1, 0.15) is 16.4 Å². The van der Waals surface area contributed by atoms with Gasteiger partial charge in [0.25, 0.3) is 0 Å². The molecule has 3 unspecified atom stereocenters. The number of halogens is 1. The predicted molar refractivity (Wildman–Crippen MR) is 155 cm³/mol. The smallest absolute Gasteiger partial charge is 0.224 e. The first kappa shape index (κ1) is 27.0. The first-order valence-corrected chi connectivity index (χ1v) is 16.2. The van der Waals surface area contributed by atoms with Crippen LogP contribution in [0.5, 0.6) is 0 Å². The predicted octanol–water partition coefficient (Wildman–Crippen LogP) is 5.17. The highest BCUT2D eigenvalue weighted by molar-refractivity contribution is 7.85. The Labute approximate surface area is 240 Å². The van der Waals surface area contributed by atoms with Crippen molar-refractivity contribution in [2.75, 3.05) is 29.5 Å². The van der Waals surface area contributed by atoms with Gasteiger partial charge in [-0.1, -0.05) is 12.1 Å². The van der Waals surface area contributed by atoms with Gasteiger partial charge in [-0.3, -0.25) is 14.0 Å². The van der Waals surface area contributed by atoms with E-state index >= 15 is 0 Å². The second kappa shape index (κ2) is 11.4. The fourth-order valence-corrected chi connectivity index (χ4v) is 7.57. The summed E-state index contributed by atoms with van der Waals surface area (Å²) in [5.74, 6) is 3.20. The van der Waals surface area contributed by atoms with Gasteiger partial charge < -0.3 is 10.2 Å². The molecule has 3 saturated carbocycles. The molecule has 4 aliphatic rings. The van der Waals surface area contributed by atoms with Crippen molar-refractivity contribution in [3.63, 3.8) is 0 Å². The van der Waals surface area contributed by atoms with E-state index in [2.05, 4.69) is 50.5 Å². The maximum absolute atomic E-state index is 13.3. The number of hydrogen-bond donors (Lipinski definition) is 1. The quantitative estimate of drug-likeness (QED) is 0.449. The zero-order valence-corrected chi connectivity index (χ0v) is 23.9. The minimum Gasteiger partial charge on any atom is -0.370 e. The number of nitrogens with zero attached hydrogens (tertiary/aromatic N) is 4. The molecule has 3 aromatic rings. The van der Waals surface area contributed by atoms with Crippen molar-refractivity contribution in [3.05, 3.63) is 54.7 Å². The number of aromatic nitrogens is 2. The Morgan fingerprint density at radius 3 is 2.52 bits per heavy atom. The van der Waals surface area contributed by atoms with Gasteiger partial charge in [0.05, 0.1) is 17.1 Å². The number of hydrogen-bond acceptors (Lipinski definition) is 7. The summed E-state index contributed by atoms with van der Waals surface area (Å²) in [5, 5.41) is 12.6. The van der Waals surface area contributed by atoms with E-state index < -0.39 is 16.3 Å².